The first-order valence-electron chi connectivity index (χ1n) is 12.9. The average molecular weight is 488 g/mol. The van der Waals surface area contributed by atoms with Crippen LogP contribution in [0.15, 0.2) is 23.1 Å². The minimum Gasteiger partial charge on any atom is -0.322 e. The minimum atomic E-state index is -0.549. The molecule has 0 aromatic heterocycles. The number of piperidine rings is 1. The van der Waals surface area contributed by atoms with Crippen LogP contribution in [-0.2, 0) is 16.1 Å². The van der Waals surface area contributed by atoms with Crippen molar-refractivity contribution in [1.29, 1.82) is 0 Å². The van der Waals surface area contributed by atoms with Crippen LogP contribution in [0.5, 0.6) is 0 Å². The SMILES string of the molecule is CC(C)N(CCCCCCCCSc1ccc2c(c1)CN(C1CCC(=O)NC1=O)C2=O)C(C)C. The van der Waals surface area contributed by atoms with Crippen molar-refractivity contribution in [1.82, 2.24) is 15.1 Å². The van der Waals surface area contributed by atoms with Crippen molar-refractivity contribution in [3.05, 3.63) is 29.3 Å². The number of benzene rings is 1. The lowest BCUT2D eigenvalue weighted by molar-refractivity contribution is -0.136. The van der Waals surface area contributed by atoms with Crippen molar-refractivity contribution in [2.24, 2.45) is 0 Å². The number of nitrogens with one attached hydrogen (secondary N) is 1. The molecule has 2 aliphatic heterocycles. The first-order valence-corrected chi connectivity index (χ1v) is 13.9. The molecule has 1 aromatic rings. The van der Waals surface area contributed by atoms with Gasteiger partial charge in [0.25, 0.3) is 5.91 Å². The first kappa shape index (κ1) is 26.7. The normalized spacial score (nSPS) is 18.4. The summed E-state index contributed by atoms with van der Waals surface area (Å²) in [4.78, 5) is 41.8. The summed E-state index contributed by atoms with van der Waals surface area (Å²) in [6.45, 7) is 10.8. The van der Waals surface area contributed by atoms with Gasteiger partial charge in [0.2, 0.25) is 11.8 Å². The fourth-order valence-corrected chi connectivity index (χ4v) is 6.02. The number of fused-ring (bicyclic) bond motifs is 1. The first-order chi connectivity index (χ1) is 16.3. The highest BCUT2D eigenvalue weighted by molar-refractivity contribution is 7.99. The van der Waals surface area contributed by atoms with Gasteiger partial charge in [0.05, 0.1) is 0 Å². The predicted octanol–water partition coefficient (Wildman–Crippen LogP) is 5.00. The van der Waals surface area contributed by atoms with Crippen molar-refractivity contribution >= 4 is 29.5 Å². The van der Waals surface area contributed by atoms with Gasteiger partial charge in [-0.05, 0) is 83.0 Å². The van der Waals surface area contributed by atoms with Gasteiger partial charge in [-0.3, -0.25) is 24.6 Å². The van der Waals surface area contributed by atoms with E-state index in [4.69, 9.17) is 0 Å². The molecule has 3 amide bonds. The average Bonchev–Trinajstić information content (AvgIpc) is 3.10. The summed E-state index contributed by atoms with van der Waals surface area (Å²) in [6, 6.07) is 6.70. The van der Waals surface area contributed by atoms with Crippen molar-refractivity contribution in [3.63, 3.8) is 0 Å². The Bertz CT molecular complexity index is 863. The predicted molar refractivity (Wildman–Crippen MR) is 138 cm³/mol. The molecule has 1 N–H and O–H groups in total. The second-order valence-electron chi connectivity index (χ2n) is 10.1. The van der Waals surface area contributed by atoms with E-state index in [0.717, 1.165) is 11.3 Å². The quantitative estimate of drug-likeness (QED) is 0.241. The molecule has 0 bridgehead atoms. The number of rotatable bonds is 13. The van der Waals surface area contributed by atoms with Gasteiger partial charge in [0.15, 0.2) is 0 Å². The number of hydrogen-bond donors (Lipinski definition) is 1. The van der Waals surface area contributed by atoms with Crippen molar-refractivity contribution in [2.45, 2.75) is 109 Å². The van der Waals surface area contributed by atoms with Crippen molar-refractivity contribution < 1.29 is 14.4 Å². The molecule has 1 saturated heterocycles. The molecule has 1 aromatic carbocycles. The molecule has 0 radical (unpaired) electrons. The van der Waals surface area contributed by atoms with Crippen molar-refractivity contribution in [3.8, 4) is 0 Å². The van der Waals surface area contributed by atoms with Gasteiger partial charge in [0.1, 0.15) is 6.04 Å². The minimum absolute atomic E-state index is 0.106. The fourth-order valence-electron chi connectivity index (χ4n) is 5.05. The highest BCUT2D eigenvalue weighted by atomic mass is 32.2. The van der Waals surface area contributed by atoms with Crippen LogP contribution < -0.4 is 5.32 Å². The highest BCUT2D eigenvalue weighted by Crippen LogP contribution is 2.31. The lowest BCUT2D eigenvalue weighted by atomic mass is 10.0. The highest BCUT2D eigenvalue weighted by Gasteiger charge is 2.39. The second kappa shape index (κ2) is 12.7. The van der Waals surface area contributed by atoms with E-state index in [1.807, 2.05) is 23.9 Å². The van der Waals surface area contributed by atoms with E-state index in [1.165, 1.54) is 50.0 Å². The second-order valence-corrected chi connectivity index (χ2v) is 11.3. The topological polar surface area (TPSA) is 69.7 Å². The molecule has 1 atom stereocenters. The fraction of sp³-hybridized carbons (Fsp3) is 0.667. The van der Waals surface area contributed by atoms with Gasteiger partial charge in [-0.25, -0.2) is 0 Å². The molecular formula is C27H41N3O3S. The Morgan fingerprint density at radius 3 is 2.35 bits per heavy atom. The molecule has 2 aliphatic rings. The van der Waals surface area contributed by atoms with Crippen molar-refractivity contribution in [2.75, 3.05) is 12.3 Å². The lowest BCUT2D eigenvalue weighted by Gasteiger charge is -2.30. The summed E-state index contributed by atoms with van der Waals surface area (Å²) >= 11 is 1.84. The zero-order chi connectivity index (χ0) is 24.7. The van der Waals surface area contributed by atoms with Crippen LogP contribution in [0.25, 0.3) is 0 Å². The summed E-state index contributed by atoms with van der Waals surface area (Å²) in [7, 11) is 0. The molecule has 3 rings (SSSR count). The van der Waals surface area contributed by atoms with E-state index >= 15 is 0 Å². The Labute approximate surface area is 209 Å². The monoisotopic (exact) mass is 487 g/mol. The molecule has 34 heavy (non-hydrogen) atoms. The molecule has 2 heterocycles. The number of carbonyl (C=O) groups is 3. The zero-order valence-electron chi connectivity index (χ0n) is 21.3. The van der Waals surface area contributed by atoms with E-state index in [1.54, 1.807) is 4.90 Å². The van der Waals surface area contributed by atoms with Crippen LogP contribution in [0.3, 0.4) is 0 Å². The van der Waals surface area contributed by atoms with Gasteiger partial charge in [-0.15, -0.1) is 11.8 Å². The summed E-state index contributed by atoms with van der Waals surface area (Å²) < 4.78 is 0. The summed E-state index contributed by atoms with van der Waals surface area (Å²) in [5, 5.41) is 2.36. The smallest absolute Gasteiger partial charge is 0.255 e. The van der Waals surface area contributed by atoms with Crippen LogP contribution in [0.2, 0.25) is 0 Å². The van der Waals surface area contributed by atoms with Gasteiger partial charge < -0.3 is 4.90 Å². The Morgan fingerprint density at radius 1 is 1.00 bits per heavy atom. The van der Waals surface area contributed by atoms with Gasteiger partial charge in [0, 0.05) is 35.5 Å². The molecule has 0 saturated carbocycles. The maximum Gasteiger partial charge on any atom is 0.255 e. The van der Waals surface area contributed by atoms with Gasteiger partial charge in [-0.1, -0.05) is 25.7 Å². The summed E-state index contributed by atoms with van der Waals surface area (Å²) in [5.41, 5.74) is 1.67. The standard InChI is InChI=1S/C27H41N3O3S/c1-19(2)29(20(3)4)15-9-7-5-6-8-10-16-34-22-11-12-23-21(17-22)18-30(27(23)33)24-13-14-25(31)28-26(24)32/h11-12,17,19-20,24H,5-10,13-16,18H2,1-4H3,(H,28,31,32). The van der Waals surface area contributed by atoms with Crippen LogP contribution in [0.4, 0.5) is 0 Å². The van der Waals surface area contributed by atoms with Crippen LogP contribution >= 0.6 is 11.8 Å². The molecule has 1 unspecified atom stereocenters. The van der Waals surface area contributed by atoms with Crippen LogP contribution in [0.1, 0.15) is 95.0 Å². The third-order valence-corrected chi connectivity index (χ3v) is 7.98. The summed E-state index contributed by atoms with van der Waals surface area (Å²) in [6.07, 6.45) is 8.35. The number of carbonyl (C=O) groups excluding carboxylic acids is 3. The Balaban J connectivity index is 1.34. The maximum atomic E-state index is 12.8. The van der Waals surface area contributed by atoms with E-state index in [9.17, 15) is 14.4 Å². The van der Waals surface area contributed by atoms with E-state index in [0.29, 0.717) is 30.6 Å². The van der Waals surface area contributed by atoms with Gasteiger partial charge >= 0.3 is 0 Å². The molecule has 7 heteroatoms. The number of nitrogens with zero attached hydrogens (tertiary/aromatic N) is 2. The zero-order valence-corrected chi connectivity index (χ0v) is 22.1. The van der Waals surface area contributed by atoms with E-state index in [2.05, 4.69) is 44.0 Å². The third kappa shape index (κ3) is 7.08. The maximum absolute atomic E-state index is 12.8. The number of hydrogen-bond acceptors (Lipinski definition) is 5. The number of imide groups is 1. The Kier molecular flexibility index (Phi) is 10.0. The molecule has 0 spiro atoms. The summed E-state index contributed by atoms with van der Waals surface area (Å²) in [5.74, 6) is 0.362. The van der Waals surface area contributed by atoms with Gasteiger partial charge in [-0.2, -0.15) is 0 Å². The molecule has 1 fully saturated rings. The van der Waals surface area contributed by atoms with E-state index < -0.39 is 6.04 Å². The molecule has 188 valence electrons. The molecule has 6 nitrogen and oxygen atoms in total. The molecular weight excluding hydrogens is 446 g/mol. The van der Waals surface area contributed by atoms with Crippen LogP contribution in [-0.4, -0.2) is 57.9 Å². The lowest BCUT2D eigenvalue weighted by Crippen LogP contribution is -2.52. The molecule has 0 aliphatic carbocycles. The Morgan fingerprint density at radius 2 is 1.68 bits per heavy atom. The third-order valence-electron chi connectivity index (χ3n) is 6.90. The number of thioether (sulfide) groups is 1. The Hall–Kier alpha value is -1.86. The number of amides is 3. The van der Waals surface area contributed by atoms with Crippen LogP contribution in [0, 0.1) is 0 Å². The van der Waals surface area contributed by atoms with E-state index in [-0.39, 0.29) is 24.1 Å². The number of unbranched alkanes of at least 4 members (excludes halogenated alkanes) is 5. The largest absolute Gasteiger partial charge is 0.322 e.